The van der Waals surface area contributed by atoms with Crippen LogP contribution in [0.25, 0.3) is 0 Å². The molecule has 5 nitrogen and oxygen atoms in total. The van der Waals surface area contributed by atoms with Gasteiger partial charge in [-0.25, -0.2) is 9.59 Å². The summed E-state index contributed by atoms with van der Waals surface area (Å²) >= 11 is 1.13. The minimum absolute atomic E-state index is 0.206. The van der Waals surface area contributed by atoms with E-state index in [0.717, 1.165) is 21.8 Å². The minimum Gasteiger partial charge on any atom is -0.477 e. The van der Waals surface area contributed by atoms with Gasteiger partial charge in [0, 0.05) is 4.88 Å². The van der Waals surface area contributed by atoms with E-state index >= 15 is 0 Å². The molecule has 0 saturated heterocycles. The van der Waals surface area contributed by atoms with Gasteiger partial charge in [0.1, 0.15) is 11.5 Å². The van der Waals surface area contributed by atoms with Crippen molar-refractivity contribution in [1.29, 1.82) is 0 Å². The van der Waals surface area contributed by atoms with Gasteiger partial charge >= 0.3 is 12.1 Å². The molecule has 0 saturated carbocycles. The van der Waals surface area contributed by atoms with Gasteiger partial charge in [0.25, 0.3) is 0 Å². The second-order valence-corrected chi connectivity index (χ2v) is 5.15. The number of carbonyl (C=O) groups excluding carboxylic acids is 1. The fourth-order valence-electron chi connectivity index (χ4n) is 1.52. The lowest BCUT2D eigenvalue weighted by molar-refractivity contribution is 0.0702. The Balaban J connectivity index is 1.76. The second kappa shape index (κ2) is 6.72. The summed E-state index contributed by atoms with van der Waals surface area (Å²) in [6.45, 7) is 0.461. The molecule has 0 atom stereocenters. The number of thiophene rings is 1. The number of rotatable bonds is 5. The Bertz CT molecular complexity index is 594. The predicted octanol–water partition coefficient (Wildman–Crippen LogP) is 2.87. The van der Waals surface area contributed by atoms with Crippen LogP contribution in [0.4, 0.5) is 4.79 Å². The van der Waals surface area contributed by atoms with Gasteiger partial charge in [-0.15, -0.1) is 11.3 Å². The largest absolute Gasteiger partial charge is 0.477 e. The predicted molar refractivity (Wildman–Crippen MR) is 74.7 cm³/mol. The maximum Gasteiger partial charge on any atom is 0.407 e. The zero-order valence-corrected chi connectivity index (χ0v) is 11.4. The number of amides is 1. The lowest BCUT2D eigenvalue weighted by Gasteiger charge is -2.05. The van der Waals surface area contributed by atoms with E-state index in [0.29, 0.717) is 0 Å². The molecule has 0 spiro atoms. The Hall–Kier alpha value is -2.34. The summed E-state index contributed by atoms with van der Waals surface area (Å²) < 4.78 is 5.04. The number of carbonyl (C=O) groups is 2. The maximum atomic E-state index is 11.5. The molecule has 20 heavy (non-hydrogen) atoms. The molecule has 1 amide bonds. The Labute approximate surface area is 119 Å². The number of nitrogens with one attached hydrogen (secondary N) is 1. The topological polar surface area (TPSA) is 75.6 Å². The number of alkyl carbamates (subject to hydrolysis) is 1. The van der Waals surface area contributed by atoms with Crippen molar-refractivity contribution in [3.05, 3.63) is 57.8 Å². The molecule has 2 N–H and O–H groups in total. The van der Waals surface area contributed by atoms with E-state index in [1.807, 2.05) is 30.3 Å². The molecule has 1 aromatic heterocycles. The monoisotopic (exact) mass is 291 g/mol. The summed E-state index contributed by atoms with van der Waals surface area (Å²) in [7, 11) is 0. The van der Waals surface area contributed by atoms with Crippen molar-refractivity contribution < 1.29 is 19.4 Å². The third kappa shape index (κ3) is 4.10. The van der Waals surface area contributed by atoms with Crippen LogP contribution < -0.4 is 5.32 Å². The van der Waals surface area contributed by atoms with Crippen LogP contribution in [0.2, 0.25) is 0 Å². The molecule has 2 aromatic rings. The lowest BCUT2D eigenvalue weighted by Crippen LogP contribution is -2.23. The molecule has 0 aliphatic carbocycles. The molecule has 6 heteroatoms. The molecular formula is C14H13NO4S. The van der Waals surface area contributed by atoms with E-state index in [4.69, 9.17) is 9.84 Å². The van der Waals surface area contributed by atoms with Crippen LogP contribution in [0.1, 0.15) is 20.1 Å². The Morgan fingerprint density at radius 3 is 2.55 bits per heavy atom. The Morgan fingerprint density at radius 2 is 1.90 bits per heavy atom. The van der Waals surface area contributed by atoms with Gasteiger partial charge in [-0.1, -0.05) is 30.3 Å². The standard InChI is InChI=1S/C14H13NO4S/c16-13(17)12-7-6-11(20-12)8-15-14(18)19-9-10-4-2-1-3-5-10/h1-7H,8-9H2,(H,15,18)(H,16,17). The third-order valence-corrected chi connectivity index (χ3v) is 3.57. The van der Waals surface area contributed by atoms with Crippen molar-refractivity contribution >= 4 is 23.4 Å². The van der Waals surface area contributed by atoms with Crippen LogP contribution in [0.3, 0.4) is 0 Å². The quantitative estimate of drug-likeness (QED) is 0.888. The molecule has 0 bridgehead atoms. The number of carboxylic acids is 1. The summed E-state index contributed by atoms with van der Waals surface area (Å²) in [6, 6.07) is 12.5. The highest BCUT2D eigenvalue weighted by Gasteiger charge is 2.08. The van der Waals surface area contributed by atoms with E-state index in [1.165, 1.54) is 6.07 Å². The Morgan fingerprint density at radius 1 is 1.15 bits per heavy atom. The van der Waals surface area contributed by atoms with Crippen LogP contribution in [0, 0.1) is 0 Å². The van der Waals surface area contributed by atoms with Crippen molar-refractivity contribution in [3.63, 3.8) is 0 Å². The second-order valence-electron chi connectivity index (χ2n) is 3.99. The summed E-state index contributed by atoms with van der Waals surface area (Å²) in [5, 5.41) is 11.4. The fourth-order valence-corrected chi connectivity index (χ4v) is 2.31. The molecular weight excluding hydrogens is 278 g/mol. The molecule has 2 rings (SSSR count). The summed E-state index contributed by atoms with van der Waals surface area (Å²) in [6.07, 6.45) is -0.529. The fraction of sp³-hybridized carbons (Fsp3) is 0.143. The van der Waals surface area contributed by atoms with E-state index < -0.39 is 12.1 Å². The molecule has 104 valence electrons. The van der Waals surface area contributed by atoms with Gasteiger partial charge in [0.05, 0.1) is 6.54 Å². The first kappa shape index (κ1) is 14.1. The average molecular weight is 291 g/mol. The van der Waals surface area contributed by atoms with Crippen molar-refractivity contribution in [2.75, 3.05) is 0 Å². The molecule has 0 unspecified atom stereocenters. The molecule has 0 fully saturated rings. The maximum absolute atomic E-state index is 11.5. The third-order valence-electron chi connectivity index (χ3n) is 2.49. The van der Waals surface area contributed by atoms with Gasteiger partial charge in [0.2, 0.25) is 0 Å². The number of aromatic carboxylic acids is 1. The zero-order chi connectivity index (χ0) is 14.4. The van der Waals surface area contributed by atoms with Crippen molar-refractivity contribution in [1.82, 2.24) is 5.32 Å². The number of hydrogen-bond donors (Lipinski definition) is 2. The van der Waals surface area contributed by atoms with Crippen LogP contribution in [-0.2, 0) is 17.9 Å². The van der Waals surface area contributed by atoms with E-state index in [1.54, 1.807) is 6.07 Å². The lowest BCUT2D eigenvalue weighted by atomic mass is 10.2. The van der Waals surface area contributed by atoms with Gasteiger partial charge in [-0.2, -0.15) is 0 Å². The first-order valence-electron chi connectivity index (χ1n) is 5.91. The van der Waals surface area contributed by atoms with E-state index in [9.17, 15) is 9.59 Å². The van der Waals surface area contributed by atoms with Crippen LogP contribution in [0.15, 0.2) is 42.5 Å². The average Bonchev–Trinajstić information content (AvgIpc) is 2.93. The highest BCUT2D eigenvalue weighted by atomic mass is 32.1. The van der Waals surface area contributed by atoms with Crippen molar-refractivity contribution in [2.45, 2.75) is 13.2 Å². The van der Waals surface area contributed by atoms with E-state index in [2.05, 4.69) is 5.32 Å². The summed E-state index contributed by atoms with van der Waals surface area (Å²) in [5.74, 6) is -0.965. The highest BCUT2D eigenvalue weighted by Crippen LogP contribution is 2.16. The highest BCUT2D eigenvalue weighted by molar-refractivity contribution is 7.13. The SMILES string of the molecule is O=C(NCc1ccc(C(=O)O)s1)OCc1ccccc1. The molecule has 1 heterocycles. The number of hydrogen-bond acceptors (Lipinski definition) is 4. The van der Waals surface area contributed by atoms with Crippen LogP contribution in [-0.4, -0.2) is 17.2 Å². The van der Waals surface area contributed by atoms with Gasteiger partial charge in [0.15, 0.2) is 0 Å². The smallest absolute Gasteiger partial charge is 0.407 e. The van der Waals surface area contributed by atoms with Gasteiger partial charge in [-0.3, -0.25) is 0 Å². The number of ether oxygens (including phenoxy) is 1. The van der Waals surface area contributed by atoms with Crippen LogP contribution in [0.5, 0.6) is 0 Å². The first-order valence-corrected chi connectivity index (χ1v) is 6.73. The van der Waals surface area contributed by atoms with Crippen molar-refractivity contribution in [2.24, 2.45) is 0 Å². The number of carboxylic acid groups (broad SMARTS) is 1. The van der Waals surface area contributed by atoms with E-state index in [-0.39, 0.29) is 18.0 Å². The molecule has 0 radical (unpaired) electrons. The normalized spacial score (nSPS) is 10.0. The minimum atomic E-state index is -0.965. The van der Waals surface area contributed by atoms with Crippen LogP contribution >= 0.6 is 11.3 Å². The first-order chi connectivity index (χ1) is 9.65. The van der Waals surface area contributed by atoms with Gasteiger partial charge < -0.3 is 15.2 Å². The van der Waals surface area contributed by atoms with Gasteiger partial charge in [-0.05, 0) is 17.7 Å². The van der Waals surface area contributed by atoms with Crippen molar-refractivity contribution in [3.8, 4) is 0 Å². The molecule has 0 aliphatic heterocycles. The zero-order valence-electron chi connectivity index (χ0n) is 10.5. The molecule has 0 aliphatic rings. The summed E-state index contributed by atoms with van der Waals surface area (Å²) in [4.78, 5) is 23.2. The number of benzene rings is 1. The summed E-state index contributed by atoms with van der Waals surface area (Å²) in [5.41, 5.74) is 0.909. The molecule has 1 aromatic carbocycles. The Kier molecular flexibility index (Phi) is 4.73.